The molecule has 0 saturated heterocycles. The van der Waals surface area contributed by atoms with E-state index in [-0.39, 0.29) is 22.0 Å². The summed E-state index contributed by atoms with van der Waals surface area (Å²) in [7, 11) is 1.21. The molecule has 0 amide bonds. The Bertz CT molecular complexity index is 1070. The second kappa shape index (κ2) is 7.45. The summed E-state index contributed by atoms with van der Waals surface area (Å²) in [4.78, 5) is 36.8. The maximum absolute atomic E-state index is 12.8. The van der Waals surface area contributed by atoms with E-state index in [1.54, 1.807) is 19.1 Å². The Morgan fingerprint density at radius 1 is 1.04 bits per heavy atom. The van der Waals surface area contributed by atoms with Gasteiger partial charge in [-0.15, -0.1) is 0 Å². The third kappa shape index (κ3) is 3.46. The van der Waals surface area contributed by atoms with Gasteiger partial charge in [-0.3, -0.25) is 4.79 Å². The number of para-hydroxylation sites is 1. The first-order valence-corrected chi connectivity index (χ1v) is 8.34. The Labute approximate surface area is 155 Å². The molecule has 0 N–H and O–H groups in total. The number of esters is 2. The van der Waals surface area contributed by atoms with Crippen LogP contribution < -0.4 is 5.43 Å². The van der Waals surface area contributed by atoms with E-state index in [0.717, 1.165) is 5.56 Å². The lowest BCUT2D eigenvalue weighted by Crippen LogP contribution is -2.25. The van der Waals surface area contributed by atoms with Crippen molar-refractivity contribution in [2.24, 2.45) is 0 Å². The Kier molecular flexibility index (Phi) is 5.07. The van der Waals surface area contributed by atoms with Gasteiger partial charge in [0.15, 0.2) is 17.1 Å². The van der Waals surface area contributed by atoms with Crippen molar-refractivity contribution in [2.75, 3.05) is 7.11 Å². The fourth-order valence-electron chi connectivity index (χ4n) is 2.77. The van der Waals surface area contributed by atoms with Crippen LogP contribution in [0.1, 0.15) is 22.8 Å². The molecule has 0 spiro atoms. The van der Waals surface area contributed by atoms with Crippen LogP contribution in [0.3, 0.4) is 0 Å². The molecular formula is C21H18O6. The summed E-state index contributed by atoms with van der Waals surface area (Å²) in [6, 6.07) is 13.8. The molecule has 3 rings (SSSR count). The van der Waals surface area contributed by atoms with E-state index in [0.29, 0.717) is 11.3 Å². The lowest BCUT2D eigenvalue weighted by atomic mass is 10.0. The van der Waals surface area contributed by atoms with Crippen LogP contribution in [0.5, 0.6) is 0 Å². The highest BCUT2D eigenvalue weighted by atomic mass is 16.6. The fourth-order valence-corrected chi connectivity index (χ4v) is 2.77. The van der Waals surface area contributed by atoms with Crippen LogP contribution in [0.25, 0.3) is 22.3 Å². The molecule has 1 atom stereocenters. The number of benzene rings is 2. The highest BCUT2D eigenvalue weighted by molar-refractivity contribution is 6.03. The first kappa shape index (κ1) is 18.4. The van der Waals surface area contributed by atoms with Crippen LogP contribution in [0, 0.1) is 6.92 Å². The molecule has 0 fully saturated rings. The normalized spacial score (nSPS) is 11.8. The van der Waals surface area contributed by atoms with Crippen molar-refractivity contribution >= 4 is 22.9 Å². The lowest BCUT2D eigenvalue weighted by molar-refractivity contribution is -0.149. The Hall–Kier alpha value is -3.41. The first-order valence-electron chi connectivity index (χ1n) is 8.34. The average Bonchev–Trinajstić information content (AvgIpc) is 2.70. The van der Waals surface area contributed by atoms with Crippen molar-refractivity contribution < 1.29 is 23.5 Å². The molecule has 27 heavy (non-hydrogen) atoms. The predicted molar refractivity (Wildman–Crippen MR) is 99.6 cm³/mol. The van der Waals surface area contributed by atoms with Crippen LogP contribution in [-0.4, -0.2) is 25.2 Å². The van der Waals surface area contributed by atoms with Gasteiger partial charge in [0.1, 0.15) is 11.3 Å². The molecule has 0 bridgehead atoms. The van der Waals surface area contributed by atoms with E-state index < -0.39 is 18.0 Å². The number of hydrogen-bond donors (Lipinski definition) is 0. The minimum absolute atomic E-state index is 0.0672. The lowest BCUT2D eigenvalue weighted by Gasteiger charge is -2.13. The maximum Gasteiger partial charge on any atom is 0.346 e. The number of hydrogen-bond acceptors (Lipinski definition) is 6. The SMILES string of the molecule is COC(=O)C(C)OC(=O)c1cccc2c(=O)c(C)c(-c3ccccc3)oc12. The zero-order valence-corrected chi connectivity index (χ0v) is 15.1. The summed E-state index contributed by atoms with van der Waals surface area (Å²) in [5, 5.41) is 0.271. The summed E-state index contributed by atoms with van der Waals surface area (Å²) in [5.41, 5.74) is 1.12. The second-order valence-corrected chi connectivity index (χ2v) is 6.00. The Morgan fingerprint density at radius 2 is 1.74 bits per heavy atom. The third-order valence-corrected chi connectivity index (χ3v) is 4.22. The van der Waals surface area contributed by atoms with Crippen LogP contribution in [0.4, 0.5) is 0 Å². The summed E-state index contributed by atoms with van der Waals surface area (Å²) >= 11 is 0. The van der Waals surface area contributed by atoms with Gasteiger partial charge in [0.05, 0.1) is 12.5 Å². The minimum atomic E-state index is -1.08. The van der Waals surface area contributed by atoms with Gasteiger partial charge in [-0.05, 0) is 26.0 Å². The van der Waals surface area contributed by atoms with Gasteiger partial charge < -0.3 is 13.9 Å². The smallest absolute Gasteiger partial charge is 0.346 e. The quantitative estimate of drug-likeness (QED) is 0.658. The zero-order chi connectivity index (χ0) is 19.6. The van der Waals surface area contributed by atoms with Crippen LogP contribution in [0.15, 0.2) is 57.7 Å². The van der Waals surface area contributed by atoms with E-state index >= 15 is 0 Å². The molecule has 6 nitrogen and oxygen atoms in total. The highest BCUT2D eigenvalue weighted by Crippen LogP contribution is 2.27. The molecule has 3 aromatic rings. The van der Waals surface area contributed by atoms with Gasteiger partial charge in [0.2, 0.25) is 0 Å². The monoisotopic (exact) mass is 366 g/mol. The first-order chi connectivity index (χ1) is 12.9. The van der Waals surface area contributed by atoms with Gasteiger partial charge in [-0.2, -0.15) is 0 Å². The molecule has 0 saturated carbocycles. The van der Waals surface area contributed by atoms with Crippen molar-refractivity contribution in [1.29, 1.82) is 0 Å². The summed E-state index contributed by atoms with van der Waals surface area (Å²) in [6.45, 7) is 3.09. The van der Waals surface area contributed by atoms with Gasteiger partial charge in [-0.25, -0.2) is 9.59 Å². The molecular weight excluding hydrogens is 348 g/mol. The average molecular weight is 366 g/mol. The van der Waals surface area contributed by atoms with Crippen LogP contribution in [-0.2, 0) is 14.3 Å². The maximum atomic E-state index is 12.8. The number of carbonyl (C=O) groups excluding carboxylic acids is 2. The van der Waals surface area contributed by atoms with Gasteiger partial charge >= 0.3 is 11.9 Å². The molecule has 2 aromatic carbocycles. The largest absolute Gasteiger partial charge is 0.466 e. The van der Waals surface area contributed by atoms with Gasteiger partial charge in [0, 0.05) is 11.1 Å². The van der Waals surface area contributed by atoms with Crippen molar-refractivity contribution in [1.82, 2.24) is 0 Å². The predicted octanol–water partition coefficient (Wildman–Crippen LogP) is 3.49. The van der Waals surface area contributed by atoms with Crippen molar-refractivity contribution in [3.63, 3.8) is 0 Å². The van der Waals surface area contributed by atoms with E-state index in [9.17, 15) is 14.4 Å². The number of fused-ring (bicyclic) bond motifs is 1. The van der Waals surface area contributed by atoms with Crippen LogP contribution >= 0.6 is 0 Å². The standard InChI is InChI=1S/C21H18O6/c1-12-17(22)15-10-7-11-16(21(24)26-13(2)20(23)25-3)19(15)27-18(12)14-8-5-4-6-9-14/h4-11,13H,1-3H3. The van der Waals surface area contributed by atoms with Crippen LogP contribution in [0.2, 0.25) is 0 Å². The zero-order valence-electron chi connectivity index (χ0n) is 15.1. The molecule has 0 aliphatic rings. The van der Waals surface area contributed by atoms with E-state index in [1.165, 1.54) is 20.1 Å². The molecule has 1 heterocycles. The van der Waals surface area contributed by atoms with E-state index in [2.05, 4.69) is 4.74 Å². The minimum Gasteiger partial charge on any atom is -0.466 e. The summed E-state index contributed by atoms with van der Waals surface area (Å²) in [6.07, 6.45) is -1.08. The highest BCUT2D eigenvalue weighted by Gasteiger charge is 2.23. The Balaban J connectivity index is 2.15. The molecule has 1 unspecified atom stereocenters. The van der Waals surface area contributed by atoms with Gasteiger partial charge in [-0.1, -0.05) is 36.4 Å². The molecule has 138 valence electrons. The molecule has 6 heteroatoms. The number of methoxy groups -OCH3 is 1. The molecule has 0 aliphatic heterocycles. The second-order valence-electron chi connectivity index (χ2n) is 6.00. The number of ether oxygens (including phenoxy) is 2. The molecule has 1 aromatic heterocycles. The third-order valence-electron chi connectivity index (χ3n) is 4.22. The van der Waals surface area contributed by atoms with Crippen molar-refractivity contribution in [3.05, 3.63) is 69.9 Å². The molecule has 0 radical (unpaired) electrons. The topological polar surface area (TPSA) is 82.8 Å². The van der Waals surface area contributed by atoms with Crippen molar-refractivity contribution in [2.45, 2.75) is 20.0 Å². The van der Waals surface area contributed by atoms with Crippen molar-refractivity contribution in [3.8, 4) is 11.3 Å². The van der Waals surface area contributed by atoms with E-state index in [1.807, 2.05) is 30.3 Å². The Morgan fingerprint density at radius 3 is 2.41 bits per heavy atom. The fraction of sp³-hybridized carbons (Fsp3) is 0.190. The van der Waals surface area contributed by atoms with Gasteiger partial charge in [0.25, 0.3) is 0 Å². The number of carbonyl (C=O) groups is 2. The van der Waals surface area contributed by atoms with E-state index in [4.69, 9.17) is 9.15 Å². The molecule has 0 aliphatic carbocycles. The number of rotatable bonds is 4. The summed E-state index contributed by atoms with van der Waals surface area (Å²) < 4.78 is 15.7. The summed E-state index contributed by atoms with van der Waals surface area (Å²) in [5.74, 6) is -1.07.